The number of piperidine rings is 2. The first-order valence-electron chi connectivity index (χ1n) is 49.3. The van der Waals surface area contributed by atoms with Crippen molar-refractivity contribution in [3.05, 3.63) is 153 Å². The van der Waals surface area contributed by atoms with Crippen LogP contribution in [0, 0.1) is 23.7 Å². The molecule has 8 heterocycles. The summed E-state index contributed by atoms with van der Waals surface area (Å²) < 4.78 is 17.8. The molecule has 778 valence electrons. The molecule has 4 fully saturated rings. The van der Waals surface area contributed by atoms with Gasteiger partial charge in [0, 0.05) is 154 Å². The molecule has 44 nitrogen and oxygen atoms in total. The Morgan fingerprint density at radius 3 is 2.21 bits per heavy atom. The Balaban J connectivity index is 0.542. The van der Waals surface area contributed by atoms with Gasteiger partial charge in [0.25, 0.3) is 17.4 Å². The van der Waals surface area contributed by atoms with Gasteiger partial charge in [-0.3, -0.25) is 92.0 Å². The van der Waals surface area contributed by atoms with Crippen LogP contribution in [0.4, 0.5) is 44.1 Å². The van der Waals surface area contributed by atoms with Gasteiger partial charge in [0.05, 0.1) is 62.2 Å². The molecule has 0 radical (unpaired) electrons. The molecule has 146 heavy (non-hydrogen) atoms. The summed E-state index contributed by atoms with van der Waals surface area (Å²) in [6.45, 7) is 6.92. The van der Waals surface area contributed by atoms with Crippen LogP contribution in [-0.2, 0) is 93.1 Å². The minimum absolute atomic E-state index is 0.0000854. The number of aliphatic carboxylic acids is 2. The third-order valence-corrected chi connectivity index (χ3v) is 28.5. The first kappa shape index (κ1) is 108. The number of thioether (sulfide) groups is 1. The number of ketones is 3. The number of nitrogen functional groups attached to an aromatic ring is 1. The van der Waals surface area contributed by atoms with Crippen LogP contribution in [0.2, 0.25) is 0 Å². The summed E-state index contributed by atoms with van der Waals surface area (Å²) in [5, 5.41) is 37.8. The summed E-state index contributed by atoms with van der Waals surface area (Å²) in [6, 6.07) is 18.2. The fraction of sp³-hybridized carbons (Fsp3) is 0.495. The molecule has 14 N–H and O–H groups in total. The topological polar surface area (TPSA) is 611 Å². The van der Waals surface area contributed by atoms with E-state index in [0.717, 1.165) is 66.6 Å². The number of Topliss-reactive ketones (excluding diaryl/α,β-unsaturated/α-hetero) is 3. The van der Waals surface area contributed by atoms with Gasteiger partial charge in [0.15, 0.2) is 28.5 Å². The van der Waals surface area contributed by atoms with Gasteiger partial charge in [-0.05, 0) is 156 Å². The van der Waals surface area contributed by atoms with Gasteiger partial charge in [-0.2, -0.15) is 4.98 Å². The molecule has 4 aromatic carbocycles. The largest absolute Gasteiger partial charge is 0.496 e. The molecule has 45 heteroatoms. The number of carboxylic acid groups (broad SMARTS) is 2. The molecule has 6 aliphatic rings. The zero-order chi connectivity index (χ0) is 105. The maximum atomic E-state index is 14.3. The predicted octanol–water partition coefficient (Wildman–Crippen LogP) is 6.99. The fourth-order valence-corrected chi connectivity index (χ4v) is 20.2. The number of primary amides is 1. The van der Waals surface area contributed by atoms with E-state index in [2.05, 4.69) is 67.0 Å². The van der Waals surface area contributed by atoms with E-state index in [9.17, 15) is 96.5 Å². The number of carbonyl (C=O) groups is 17. The maximum Gasteiger partial charge on any atom is 0.410 e. The van der Waals surface area contributed by atoms with E-state index >= 15 is 0 Å². The number of H-pyrrole nitrogens is 1. The molecule has 2 unspecified atom stereocenters. The van der Waals surface area contributed by atoms with Crippen LogP contribution in [0.3, 0.4) is 0 Å². The number of amides is 13. The number of nitrogens with two attached hydrogens (primary N) is 2. The number of aromatic amines is 1. The van der Waals surface area contributed by atoms with E-state index in [0.29, 0.717) is 103 Å². The monoisotopic (exact) mass is 2030 g/mol. The second kappa shape index (κ2) is 51.1. The molecule has 13 rings (SSSR count). The van der Waals surface area contributed by atoms with E-state index < -0.39 is 155 Å². The molecule has 7 aromatic rings. The van der Waals surface area contributed by atoms with Crippen molar-refractivity contribution in [1.29, 1.82) is 0 Å². The summed E-state index contributed by atoms with van der Waals surface area (Å²) in [7, 11) is 3.35. The van der Waals surface area contributed by atoms with E-state index in [1.54, 1.807) is 99.8 Å². The molecule has 0 spiro atoms. The number of carboxylic acids is 2. The van der Waals surface area contributed by atoms with Crippen molar-refractivity contribution in [2.45, 2.75) is 217 Å². The van der Waals surface area contributed by atoms with E-state index in [1.807, 2.05) is 19.1 Å². The van der Waals surface area contributed by atoms with Crippen molar-refractivity contribution >= 4 is 158 Å². The highest BCUT2D eigenvalue weighted by molar-refractivity contribution is 8.00. The SMILES string of the molecule is CC[C@@H]1C(=O)N(C)c2cnc(Cc3ccc(C(=O)CC4CCN(CCOCCN(CC(=O)Nc5cccc6c5CN(C5CCC(=O)NC5=O)C6=O)C(=O)OCc5ccc(NC(=O)[C@H](CCCNC(N)=O)CC(=O)[C@@H](NC(=O)CCCCCN6C(=O)CC(SC[C@H](CC(=O)CC[C@H](NC(=O)c7ccc(NCc8cnc9nc(N)[nH]c(=O)c9n8)cc7)C(=O)O)C(=O)O)C6=O)C(C)C)cc5)CC4)cc3OC)nc2N1C1CCCC1. The Hall–Kier alpha value is -14.8. The van der Waals surface area contributed by atoms with Crippen LogP contribution in [0.5, 0.6) is 5.75 Å². The van der Waals surface area contributed by atoms with Crippen LogP contribution in [-0.4, -0.2) is 275 Å². The molecular weight excluding hydrogens is 1910 g/mol. The lowest BCUT2D eigenvalue weighted by molar-refractivity contribution is -0.143. The van der Waals surface area contributed by atoms with Crippen LogP contribution >= 0.6 is 11.8 Å². The number of methoxy groups -OCH3 is 1. The van der Waals surface area contributed by atoms with Crippen molar-refractivity contribution in [3.8, 4) is 5.75 Å². The van der Waals surface area contributed by atoms with Crippen molar-refractivity contribution in [2.24, 2.45) is 29.4 Å². The number of imide groups is 2. The number of likely N-dealkylation sites (N-methyl/N-ethyl adjacent to an activating group) is 1. The molecule has 7 atom stereocenters. The third-order valence-electron chi connectivity index (χ3n) is 27.1. The Morgan fingerprint density at radius 2 is 1.49 bits per heavy atom. The molecule has 1 aliphatic carbocycles. The van der Waals surface area contributed by atoms with Crippen molar-refractivity contribution < 1.29 is 106 Å². The summed E-state index contributed by atoms with van der Waals surface area (Å²) in [4.78, 5) is 272. The number of benzene rings is 4. The number of nitrogens with zero attached hydrogens (tertiary/aromatic N) is 11. The van der Waals surface area contributed by atoms with E-state index in [1.165, 1.54) is 28.1 Å². The lowest BCUT2D eigenvalue weighted by atomic mass is 9.89. The number of anilines is 6. The van der Waals surface area contributed by atoms with Gasteiger partial charge in [-0.1, -0.05) is 70.4 Å². The van der Waals surface area contributed by atoms with Crippen molar-refractivity contribution in [3.63, 3.8) is 0 Å². The summed E-state index contributed by atoms with van der Waals surface area (Å²) in [5.41, 5.74) is 15.2. The lowest BCUT2D eigenvalue weighted by Crippen LogP contribution is -2.55. The molecule has 1 saturated carbocycles. The number of rotatable bonds is 52. The van der Waals surface area contributed by atoms with E-state index in [4.69, 9.17) is 35.6 Å². The summed E-state index contributed by atoms with van der Waals surface area (Å²) in [5.74, 6) is -9.87. The van der Waals surface area contributed by atoms with Crippen molar-refractivity contribution in [2.75, 3.05) is 110 Å². The second-order valence-electron chi connectivity index (χ2n) is 37.7. The average molecular weight is 2030 g/mol. The lowest BCUT2D eigenvalue weighted by Gasteiger charge is -2.43. The maximum absolute atomic E-state index is 14.3. The number of unbranched alkanes of at least 4 members (excludes halogenated alkanes) is 2. The average Bonchev–Trinajstić information content (AvgIpc) is 1.17. The molecule has 3 aromatic heterocycles. The number of urea groups is 1. The number of likely N-dealkylation sites (tertiary alicyclic amines) is 2. The minimum Gasteiger partial charge on any atom is -0.496 e. The Kier molecular flexibility index (Phi) is 38.0. The predicted molar refractivity (Wildman–Crippen MR) is 535 cm³/mol. The summed E-state index contributed by atoms with van der Waals surface area (Å²) >= 11 is 0.905. The Morgan fingerprint density at radius 1 is 0.747 bits per heavy atom. The Labute approximate surface area is 845 Å². The number of aromatic nitrogens is 6. The van der Waals surface area contributed by atoms with Gasteiger partial charge in [-0.25, -0.2) is 34.3 Å². The number of ether oxygens (including phenoxy) is 3. The van der Waals surface area contributed by atoms with Gasteiger partial charge in [-0.15, -0.1) is 11.8 Å². The highest BCUT2D eigenvalue weighted by Gasteiger charge is 2.45. The Bertz CT molecular complexity index is 6090. The number of hydrogen-bond donors (Lipinski definition) is 12. The zero-order valence-electron chi connectivity index (χ0n) is 82.2. The van der Waals surface area contributed by atoms with Gasteiger partial charge < -0.3 is 87.4 Å². The number of carbonyl (C=O) groups excluding carboxylic acids is 15. The van der Waals surface area contributed by atoms with Gasteiger partial charge >= 0.3 is 24.1 Å². The highest BCUT2D eigenvalue weighted by Crippen LogP contribution is 2.41. The quantitative estimate of drug-likeness (QED) is 0.0104. The summed E-state index contributed by atoms with van der Waals surface area (Å²) in [6.07, 6.45) is 8.88. The molecule has 5 aliphatic heterocycles. The first-order valence-corrected chi connectivity index (χ1v) is 50.4. The number of hydrogen-bond acceptors (Lipinski definition) is 31. The minimum atomic E-state index is -1.53. The van der Waals surface area contributed by atoms with Gasteiger partial charge in [0.1, 0.15) is 54.3 Å². The molecular formula is C101H125N21O23S. The van der Waals surface area contributed by atoms with Crippen molar-refractivity contribution in [1.82, 2.24) is 70.8 Å². The second-order valence-corrected chi connectivity index (χ2v) is 39.0. The molecule has 3 saturated heterocycles. The van der Waals surface area contributed by atoms with Gasteiger partial charge in [0.2, 0.25) is 53.2 Å². The standard InChI is InChI=1S/C101H125N21O23S/c1-6-74-95(135)117(4)76-52-106-81(112-89(76)122(74)68-15-9-10-16-68)48-62-23-22-61(47-79(62)143-5)77(124)44-58-34-38-118(39-35-58)40-42-144-43-41-119(54-84(128)110-72-18-12-17-70-71(72)53-121(94(70)134)75-32-33-83(127)114-92(75)132)101(142)145-55-59-20-26-66(27-21-59)109-91(131)63(14-13-36-104-100(103)141)46-78(125)86(57(2)3)113-82(126)19-8-7-11-37-120-85(129)49-80(96(120)136)146-56-64(97(137)138)45-69(123)30-31-73(98(139)140)111-90(130)60-24-28-65(29-25-60)105-50-67-51-107-88-87(108-67)93(133)116-99(102)115-88/h12,17-18,20-29,47,51-52,57-58,63-64,68,73-75,80,86,105H,6-11,13-16,19,30-46,48-50,53-56H2,1-5H3,(H,109,131)(H,110,128)(H,111,130)(H,113,126)(H,137,138)(H,139,140)(H3,103,104,141)(H,114,127,132)(H3,102,107,115,116,133)/t63-,64+,73+,74-,75?,80?,86+/m1/s1. The fourth-order valence-electron chi connectivity index (χ4n) is 19.0. The smallest absolute Gasteiger partial charge is 0.410 e. The molecule has 0 bridgehead atoms. The number of nitrogens with one attached hydrogen (secondary N) is 8. The normalized spacial score (nSPS) is 17.3. The first-order chi connectivity index (χ1) is 70.1. The molecule has 13 amide bonds. The number of fused-ring (bicyclic) bond motifs is 3. The van der Waals surface area contributed by atoms with E-state index in [-0.39, 0.29) is 180 Å². The van der Waals surface area contributed by atoms with Crippen LogP contribution in [0.25, 0.3) is 11.2 Å². The van der Waals surface area contributed by atoms with Crippen LogP contribution < -0.4 is 68.8 Å². The highest BCUT2D eigenvalue weighted by atomic mass is 32.2. The third kappa shape index (κ3) is 28.9. The van der Waals surface area contributed by atoms with Crippen LogP contribution in [0.15, 0.2) is 102 Å². The zero-order valence-corrected chi connectivity index (χ0v) is 83.0. The van der Waals surface area contributed by atoms with Crippen LogP contribution in [0.1, 0.15) is 215 Å².